The first-order valence-electron chi connectivity index (χ1n) is 12.2. The minimum absolute atomic E-state index is 0.324. The highest BCUT2D eigenvalue weighted by atomic mass is 16.6. The molecule has 0 aromatic heterocycles. The lowest BCUT2D eigenvalue weighted by Crippen LogP contribution is -2.35. The maximum absolute atomic E-state index is 12.1. The summed E-state index contributed by atoms with van der Waals surface area (Å²) in [5.41, 5.74) is 4.24. The lowest BCUT2D eigenvalue weighted by molar-refractivity contribution is 0.0573. The van der Waals surface area contributed by atoms with E-state index >= 15 is 0 Å². The van der Waals surface area contributed by atoms with Crippen molar-refractivity contribution in [1.82, 2.24) is 0 Å². The molecule has 0 bridgehead atoms. The number of nitrogens with zero attached hydrogens (tertiary/aromatic N) is 3. The molecule has 0 saturated carbocycles. The number of aldehydes is 1. The highest BCUT2D eigenvalue weighted by Crippen LogP contribution is 2.31. The Kier molecular flexibility index (Phi) is 8.25. The molecule has 1 N–H and O–H groups in total. The van der Waals surface area contributed by atoms with Crippen LogP contribution in [0.5, 0.6) is 0 Å². The summed E-state index contributed by atoms with van der Waals surface area (Å²) in [5, 5.41) is 11.5. The predicted molar refractivity (Wildman–Crippen MR) is 142 cm³/mol. The number of hydrogen-bond donors (Lipinski definition) is 1. The summed E-state index contributed by atoms with van der Waals surface area (Å²) in [5.74, 6) is 0. The van der Waals surface area contributed by atoms with Crippen LogP contribution in [0.2, 0.25) is 0 Å². The van der Waals surface area contributed by atoms with Gasteiger partial charge in [0.25, 0.3) is 0 Å². The number of amides is 2. The van der Waals surface area contributed by atoms with Gasteiger partial charge in [-0.1, -0.05) is 11.2 Å². The zero-order valence-corrected chi connectivity index (χ0v) is 22.3. The zero-order chi connectivity index (χ0) is 27.4. The van der Waals surface area contributed by atoms with Crippen LogP contribution in [0.4, 0.5) is 21.0 Å². The van der Waals surface area contributed by atoms with Gasteiger partial charge in [0.1, 0.15) is 17.5 Å². The molecule has 0 unspecified atom stereocenters. The smallest absolute Gasteiger partial charge is 0.414 e. The largest absolute Gasteiger partial charge is 0.443 e. The van der Waals surface area contributed by atoms with Crippen molar-refractivity contribution in [3.05, 3.63) is 58.7 Å². The Labute approximate surface area is 217 Å². The Morgan fingerprint density at radius 1 is 0.811 bits per heavy atom. The summed E-state index contributed by atoms with van der Waals surface area (Å²) in [6, 6.07) is 10.9. The van der Waals surface area contributed by atoms with Crippen LogP contribution in [-0.2, 0) is 22.3 Å². The summed E-state index contributed by atoms with van der Waals surface area (Å²) < 4.78 is 10.7. The molecule has 0 fully saturated rings. The number of rotatable bonds is 2. The zero-order valence-electron chi connectivity index (χ0n) is 22.3. The van der Waals surface area contributed by atoms with Crippen molar-refractivity contribution in [1.29, 1.82) is 0 Å². The van der Waals surface area contributed by atoms with E-state index in [4.69, 9.17) is 14.7 Å². The summed E-state index contributed by atoms with van der Waals surface area (Å²) >= 11 is 0. The molecule has 2 aliphatic heterocycles. The van der Waals surface area contributed by atoms with Crippen molar-refractivity contribution in [3.8, 4) is 0 Å². The average molecular weight is 510 g/mol. The fourth-order valence-corrected chi connectivity index (χ4v) is 4.08. The molecule has 9 heteroatoms. The molecule has 2 aromatic rings. The van der Waals surface area contributed by atoms with E-state index in [1.54, 1.807) is 28.0 Å². The van der Waals surface area contributed by atoms with E-state index in [9.17, 15) is 14.4 Å². The maximum atomic E-state index is 12.1. The van der Waals surface area contributed by atoms with E-state index in [0.717, 1.165) is 47.2 Å². The third-order valence-corrected chi connectivity index (χ3v) is 5.57. The monoisotopic (exact) mass is 509 g/mol. The molecule has 0 atom stereocenters. The van der Waals surface area contributed by atoms with Crippen LogP contribution in [-0.4, -0.2) is 54.2 Å². The van der Waals surface area contributed by atoms with Gasteiger partial charge in [-0.25, -0.2) is 9.59 Å². The van der Waals surface area contributed by atoms with E-state index < -0.39 is 11.2 Å². The second kappa shape index (κ2) is 11.0. The van der Waals surface area contributed by atoms with Gasteiger partial charge in [0, 0.05) is 18.7 Å². The molecule has 2 aromatic carbocycles. The molecule has 2 amide bonds. The molecule has 9 nitrogen and oxygen atoms in total. The molecule has 198 valence electrons. The standard InChI is InChI=1S/C14H18N2O3.C14H17NO3/c1-14(2,3)19-13(17)16-7-6-11-8-10(9-15-18)4-5-12(11)16;1-14(2,3)18-13(17)15-7-6-11-8-10(9-16)4-5-12(11)15/h4-5,8-9,18H,6-7H2,1-3H3;4-5,8-9H,6-7H2,1-3H3/b15-9+;. The Morgan fingerprint density at radius 3 is 1.65 bits per heavy atom. The van der Waals surface area contributed by atoms with Crippen LogP contribution in [0.25, 0.3) is 0 Å². The van der Waals surface area contributed by atoms with Crippen molar-refractivity contribution in [2.24, 2.45) is 5.16 Å². The van der Waals surface area contributed by atoms with Gasteiger partial charge in [-0.3, -0.25) is 14.6 Å². The van der Waals surface area contributed by atoms with Crippen molar-refractivity contribution in [3.63, 3.8) is 0 Å². The van der Waals surface area contributed by atoms with Gasteiger partial charge in [0.15, 0.2) is 0 Å². The molecular weight excluding hydrogens is 474 g/mol. The van der Waals surface area contributed by atoms with Gasteiger partial charge in [0.05, 0.1) is 17.6 Å². The minimum atomic E-state index is -0.497. The fourth-order valence-electron chi connectivity index (χ4n) is 4.08. The Bertz CT molecular complexity index is 1190. The molecule has 2 heterocycles. The summed E-state index contributed by atoms with van der Waals surface area (Å²) in [4.78, 5) is 38.0. The lowest BCUT2D eigenvalue weighted by Gasteiger charge is -2.24. The van der Waals surface area contributed by atoms with Crippen molar-refractivity contribution >= 4 is 36.1 Å². The number of carbonyl (C=O) groups is 3. The fraction of sp³-hybridized carbons (Fsp3) is 0.429. The third kappa shape index (κ3) is 7.31. The Morgan fingerprint density at radius 2 is 1.24 bits per heavy atom. The highest BCUT2D eigenvalue weighted by molar-refractivity contribution is 5.92. The van der Waals surface area contributed by atoms with E-state index in [1.807, 2.05) is 59.7 Å². The van der Waals surface area contributed by atoms with Gasteiger partial charge >= 0.3 is 12.2 Å². The van der Waals surface area contributed by atoms with E-state index in [-0.39, 0.29) is 12.2 Å². The first-order valence-corrected chi connectivity index (χ1v) is 12.2. The van der Waals surface area contributed by atoms with Crippen LogP contribution in [0.3, 0.4) is 0 Å². The molecule has 2 aliphatic rings. The number of fused-ring (bicyclic) bond motifs is 2. The molecule has 4 rings (SSSR count). The predicted octanol–water partition coefficient (Wildman–Crippen LogP) is 5.59. The van der Waals surface area contributed by atoms with Gasteiger partial charge < -0.3 is 14.7 Å². The quantitative estimate of drug-likeness (QED) is 0.245. The number of oxime groups is 1. The van der Waals surface area contributed by atoms with Crippen LogP contribution in [0, 0.1) is 0 Å². The highest BCUT2D eigenvalue weighted by Gasteiger charge is 2.30. The van der Waals surface area contributed by atoms with Gasteiger partial charge in [-0.2, -0.15) is 0 Å². The van der Waals surface area contributed by atoms with Crippen molar-refractivity contribution in [2.45, 2.75) is 65.6 Å². The molecular formula is C28H35N3O6. The van der Waals surface area contributed by atoms with Crippen LogP contribution in [0.15, 0.2) is 41.6 Å². The number of hydrogen-bond acceptors (Lipinski definition) is 7. The van der Waals surface area contributed by atoms with Gasteiger partial charge in [0.2, 0.25) is 0 Å². The summed E-state index contributed by atoms with van der Waals surface area (Å²) in [7, 11) is 0. The molecule has 0 radical (unpaired) electrons. The van der Waals surface area contributed by atoms with Crippen LogP contribution >= 0.6 is 0 Å². The second-order valence-electron chi connectivity index (χ2n) is 10.9. The van der Waals surface area contributed by atoms with Gasteiger partial charge in [-0.15, -0.1) is 0 Å². The maximum Gasteiger partial charge on any atom is 0.414 e. The lowest BCUT2D eigenvalue weighted by atomic mass is 10.1. The van der Waals surface area contributed by atoms with Crippen molar-refractivity contribution in [2.75, 3.05) is 22.9 Å². The number of carbonyl (C=O) groups excluding carboxylic acids is 3. The Hall–Kier alpha value is -3.88. The first kappa shape index (κ1) is 27.7. The number of benzene rings is 2. The van der Waals surface area contributed by atoms with E-state index in [1.165, 1.54) is 6.21 Å². The molecule has 0 spiro atoms. The Balaban J connectivity index is 0.000000206. The van der Waals surface area contributed by atoms with Crippen LogP contribution < -0.4 is 9.80 Å². The molecule has 0 aliphatic carbocycles. The summed E-state index contributed by atoms with van der Waals surface area (Å²) in [6.45, 7) is 12.3. The average Bonchev–Trinajstić information content (AvgIpc) is 3.41. The molecule has 0 saturated heterocycles. The van der Waals surface area contributed by atoms with Crippen LogP contribution in [0.1, 0.15) is 68.6 Å². The number of anilines is 2. The minimum Gasteiger partial charge on any atom is -0.443 e. The second-order valence-corrected chi connectivity index (χ2v) is 10.9. The van der Waals surface area contributed by atoms with E-state index in [2.05, 4.69) is 5.16 Å². The third-order valence-electron chi connectivity index (χ3n) is 5.57. The topological polar surface area (TPSA) is 109 Å². The van der Waals surface area contributed by atoms with E-state index in [0.29, 0.717) is 18.7 Å². The number of ether oxygens (including phenoxy) is 2. The first-order chi connectivity index (χ1) is 17.3. The normalized spacial score (nSPS) is 14.5. The summed E-state index contributed by atoms with van der Waals surface area (Å²) in [6.07, 6.45) is 3.07. The SMILES string of the molecule is CC(C)(C)OC(=O)N1CCc2cc(/C=N/O)ccc21.CC(C)(C)OC(=O)N1CCc2cc(C=O)ccc21. The molecule has 37 heavy (non-hydrogen) atoms. The van der Waals surface area contributed by atoms with Gasteiger partial charge in [-0.05, 0) is 101 Å². The van der Waals surface area contributed by atoms with Crippen molar-refractivity contribution < 1.29 is 29.1 Å².